The van der Waals surface area contributed by atoms with Crippen molar-refractivity contribution >= 4 is 34.7 Å². The maximum atomic E-state index is 12.0. The lowest BCUT2D eigenvalue weighted by atomic mass is 10.0. The van der Waals surface area contributed by atoms with Crippen LogP contribution in [0.15, 0.2) is 41.5 Å². The molecule has 0 fully saturated rings. The summed E-state index contributed by atoms with van der Waals surface area (Å²) in [5.74, 6) is 1.56. The van der Waals surface area contributed by atoms with E-state index in [0.717, 1.165) is 31.8 Å². The Morgan fingerprint density at radius 1 is 1.23 bits per heavy atom. The zero-order chi connectivity index (χ0) is 19.1. The van der Waals surface area contributed by atoms with Crippen molar-refractivity contribution in [3.05, 3.63) is 56.7 Å². The van der Waals surface area contributed by atoms with Gasteiger partial charge in [0.05, 0.1) is 16.9 Å². The Labute approximate surface area is 167 Å². The lowest BCUT2D eigenvalue weighted by molar-refractivity contribution is -0.123. The third-order valence-corrected chi connectivity index (χ3v) is 4.57. The average Bonchev–Trinajstić information content (AvgIpc) is 2.60. The first-order valence-corrected chi connectivity index (χ1v) is 9.37. The van der Waals surface area contributed by atoms with Crippen LogP contribution in [0.1, 0.15) is 36.5 Å². The van der Waals surface area contributed by atoms with E-state index >= 15 is 0 Å². The Bertz CT molecular complexity index is 804. The Morgan fingerprint density at radius 2 is 2.00 bits per heavy atom. The smallest absolute Gasteiger partial charge is 0.277 e. The van der Waals surface area contributed by atoms with Gasteiger partial charge in [-0.1, -0.05) is 26.0 Å². The Kier molecular flexibility index (Phi) is 7.44. The highest BCUT2D eigenvalue weighted by atomic mass is 127. The number of nitrogens with zero attached hydrogens (tertiary/aromatic N) is 1. The van der Waals surface area contributed by atoms with E-state index in [1.807, 2.05) is 43.3 Å². The SMILES string of the molecule is COc1ccc(/C=N\NC(=O)COc2cc(C)ccc2C(C)C)cc1I. The molecule has 0 radical (unpaired) electrons. The number of hydrogen-bond donors (Lipinski definition) is 1. The quantitative estimate of drug-likeness (QED) is 0.377. The Hall–Kier alpha value is -2.09. The zero-order valence-electron chi connectivity index (χ0n) is 15.4. The summed E-state index contributed by atoms with van der Waals surface area (Å²) < 4.78 is 11.9. The Balaban J connectivity index is 1.91. The maximum Gasteiger partial charge on any atom is 0.277 e. The second-order valence-corrected chi connectivity index (χ2v) is 7.33. The molecule has 6 heteroatoms. The highest BCUT2D eigenvalue weighted by Crippen LogP contribution is 2.27. The summed E-state index contributed by atoms with van der Waals surface area (Å²) in [4.78, 5) is 12.0. The van der Waals surface area contributed by atoms with Crippen LogP contribution in [0.3, 0.4) is 0 Å². The fraction of sp³-hybridized carbons (Fsp3) is 0.300. The van der Waals surface area contributed by atoms with Gasteiger partial charge in [-0.05, 0) is 76.4 Å². The van der Waals surface area contributed by atoms with E-state index < -0.39 is 0 Å². The minimum atomic E-state index is -0.305. The number of hydrazone groups is 1. The number of amides is 1. The van der Waals surface area contributed by atoms with Gasteiger partial charge in [-0.2, -0.15) is 5.10 Å². The van der Waals surface area contributed by atoms with Gasteiger partial charge in [0.2, 0.25) is 0 Å². The van der Waals surface area contributed by atoms with Crippen molar-refractivity contribution in [2.24, 2.45) is 5.10 Å². The van der Waals surface area contributed by atoms with Crippen molar-refractivity contribution in [3.8, 4) is 11.5 Å². The van der Waals surface area contributed by atoms with E-state index in [0.29, 0.717) is 5.92 Å². The molecular formula is C20H23IN2O3. The van der Waals surface area contributed by atoms with Crippen LogP contribution in [-0.4, -0.2) is 25.8 Å². The second kappa shape index (κ2) is 9.56. The third kappa shape index (κ3) is 5.72. The number of ether oxygens (including phenoxy) is 2. The molecule has 0 saturated heterocycles. The first kappa shape index (κ1) is 20.2. The van der Waals surface area contributed by atoms with Gasteiger partial charge in [0.1, 0.15) is 11.5 Å². The van der Waals surface area contributed by atoms with Crippen molar-refractivity contribution in [2.45, 2.75) is 26.7 Å². The molecule has 1 amide bonds. The van der Waals surface area contributed by atoms with Gasteiger partial charge in [-0.25, -0.2) is 5.43 Å². The summed E-state index contributed by atoms with van der Waals surface area (Å²) in [6.45, 7) is 6.11. The molecular weight excluding hydrogens is 443 g/mol. The van der Waals surface area contributed by atoms with Crippen molar-refractivity contribution < 1.29 is 14.3 Å². The first-order chi connectivity index (χ1) is 12.4. The molecule has 2 aromatic rings. The topological polar surface area (TPSA) is 59.9 Å². The molecule has 2 rings (SSSR count). The number of methoxy groups -OCH3 is 1. The lowest BCUT2D eigenvalue weighted by Crippen LogP contribution is -2.25. The number of nitrogens with one attached hydrogen (secondary N) is 1. The molecule has 0 heterocycles. The summed E-state index contributed by atoms with van der Waals surface area (Å²) >= 11 is 2.19. The molecule has 5 nitrogen and oxygen atoms in total. The molecule has 138 valence electrons. The molecule has 0 aromatic heterocycles. The van der Waals surface area contributed by atoms with Crippen LogP contribution < -0.4 is 14.9 Å². The van der Waals surface area contributed by atoms with Gasteiger partial charge < -0.3 is 9.47 Å². The fourth-order valence-electron chi connectivity index (χ4n) is 2.36. The largest absolute Gasteiger partial charge is 0.496 e. The minimum absolute atomic E-state index is 0.0827. The van der Waals surface area contributed by atoms with Crippen LogP contribution in [0.2, 0.25) is 0 Å². The minimum Gasteiger partial charge on any atom is -0.496 e. The third-order valence-electron chi connectivity index (χ3n) is 3.73. The lowest BCUT2D eigenvalue weighted by Gasteiger charge is -2.14. The standard InChI is InChI=1S/C20H23IN2O3/c1-13(2)16-7-5-14(3)9-19(16)26-12-20(24)23-22-11-15-6-8-18(25-4)17(21)10-15/h5-11,13H,12H2,1-4H3,(H,23,24)/b22-11-. The molecule has 26 heavy (non-hydrogen) atoms. The van der Waals surface area contributed by atoms with E-state index in [2.05, 4.69) is 47.0 Å². The van der Waals surface area contributed by atoms with Crippen LogP contribution >= 0.6 is 22.6 Å². The van der Waals surface area contributed by atoms with Crippen molar-refractivity contribution in [1.29, 1.82) is 0 Å². The van der Waals surface area contributed by atoms with E-state index in [1.165, 1.54) is 0 Å². The van der Waals surface area contributed by atoms with Crippen LogP contribution in [0.4, 0.5) is 0 Å². The molecule has 0 aliphatic carbocycles. The molecule has 0 aliphatic heterocycles. The molecule has 0 aliphatic rings. The summed E-state index contributed by atoms with van der Waals surface area (Å²) in [6, 6.07) is 11.7. The van der Waals surface area contributed by atoms with Gasteiger partial charge >= 0.3 is 0 Å². The number of rotatable bonds is 7. The summed E-state index contributed by atoms with van der Waals surface area (Å²) in [5.41, 5.74) is 5.53. The van der Waals surface area contributed by atoms with Crippen LogP contribution in [0, 0.1) is 10.5 Å². The normalized spacial score (nSPS) is 11.0. The second-order valence-electron chi connectivity index (χ2n) is 6.17. The molecule has 0 bridgehead atoms. The number of carbonyl (C=O) groups excluding carboxylic acids is 1. The predicted molar refractivity (Wildman–Crippen MR) is 112 cm³/mol. The molecule has 0 unspecified atom stereocenters. The van der Waals surface area contributed by atoms with E-state index in [9.17, 15) is 4.79 Å². The van der Waals surface area contributed by atoms with E-state index in [-0.39, 0.29) is 12.5 Å². The number of benzene rings is 2. The number of carbonyl (C=O) groups is 1. The zero-order valence-corrected chi connectivity index (χ0v) is 17.5. The fourth-order valence-corrected chi connectivity index (χ4v) is 3.12. The summed E-state index contributed by atoms with van der Waals surface area (Å²) in [6.07, 6.45) is 1.59. The van der Waals surface area contributed by atoms with Crippen LogP contribution in [-0.2, 0) is 4.79 Å². The number of hydrogen-bond acceptors (Lipinski definition) is 4. The Morgan fingerprint density at radius 3 is 2.65 bits per heavy atom. The summed E-state index contributed by atoms with van der Waals surface area (Å²) in [7, 11) is 1.63. The molecule has 2 aromatic carbocycles. The highest BCUT2D eigenvalue weighted by Gasteiger charge is 2.10. The van der Waals surface area contributed by atoms with E-state index in [4.69, 9.17) is 9.47 Å². The van der Waals surface area contributed by atoms with Gasteiger partial charge in [0.15, 0.2) is 6.61 Å². The van der Waals surface area contributed by atoms with E-state index in [1.54, 1.807) is 13.3 Å². The van der Waals surface area contributed by atoms with Crippen molar-refractivity contribution in [3.63, 3.8) is 0 Å². The van der Waals surface area contributed by atoms with Gasteiger partial charge in [0.25, 0.3) is 5.91 Å². The molecule has 0 spiro atoms. The maximum absolute atomic E-state index is 12.0. The molecule has 0 saturated carbocycles. The van der Waals surface area contributed by atoms with Crippen molar-refractivity contribution in [2.75, 3.05) is 13.7 Å². The first-order valence-electron chi connectivity index (χ1n) is 8.29. The monoisotopic (exact) mass is 466 g/mol. The van der Waals surface area contributed by atoms with Gasteiger partial charge in [0, 0.05) is 0 Å². The predicted octanol–water partition coefficient (Wildman–Crippen LogP) is 4.26. The molecule has 0 atom stereocenters. The van der Waals surface area contributed by atoms with Gasteiger partial charge in [-0.3, -0.25) is 4.79 Å². The highest BCUT2D eigenvalue weighted by molar-refractivity contribution is 14.1. The average molecular weight is 466 g/mol. The van der Waals surface area contributed by atoms with Gasteiger partial charge in [-0.15, -0.1) is 0 Å². The summed E-state index contributed by atoms with van der Waals surface area (Å²) in [5, 5.41) is 3.98. The number of halogens is 1. The van der Waals surface area contributed by atoms with Crippen molar-refractivity contribution in [1.82, 2.24) is 5.43 Å². The molecule has 1 N–H and O–H groups in total. The van der Waals surface area contributed by atoms with Crippen LogP contribution in [0.5, 0.6) is 11.5 Å². The number of aryl methyl sites for hydroxylation is 1. The van der Waals surface area contributed by atoms with Crippen LogP contribution in [0.25, 0.3) is 0 Å².